The molecule has 3 aromatic carbocycles. The number of aryl methyl sites for hydroxylation is 3. The van der Waals surface area contributed by atoms with Crippen molar-refractivity contribution in [2.75, 3.05) is 26.7 Å². The van der Waals surface area contributed by atoms with Crippen molar-refractivity contribution in [3.63, 3.8) is 0 Å². The predicted octanol–water partition coefficient (Wildman–Crippen LogP) is 7.18. The molecule has 0 spiro atoms. The number of fused-ring (bicyclic) bond motifs is 3. The van der Waals surface area contributed by atoms with Crippen LogP contribution in [0.15, 0.2) is 66.7 Å². The van der Waals surface area contributed by atoms with Crippen LogP contribution in [0.1, 0.15) is 94.2 Å². The molecule has 0 aliphatic carbocycles. The summed E-state index contributed by atoms with van der Waals surface area (Å²) in [7, 11) is 1.39. The summed E-state index contributed by atoms with van der Waals surface area (Å²) in [6, 6.07) is 25.0. The number of rotatable bonds is 7. The molecule has 46 heavy (non-hydrogen) atoms. The van der Waals surface area contributed by atoms with Crippen LogP contribution in [0, 0.1) is 20.8 Å². The van der Waals surface area contributed by atoms with Crippen LogP contribution in [0.25, 0.3) is 11.0 Å². The van der Waals surface area contributed by atoms with E-state index in [0.29, 0.717) is 29.3 Å². The van der Waals surface area contributed by atoms with E-state index in [4.69, 9.17) is 9.72 Å². The smallest absolute Gasteiger partial charge is 0.338 e. The molecule has 7 nitrogen and oxygen atoms in total. The van der Waals surface area contributed by atoms with Crippen LogP contribution in [-0.4, -0.2) is 70.1 Å². The number of esters is 1. The van der Waals surface area contributed by atoms with Crippen LogP contribution in [-0.2, 0) is 10.2 Å². The molecule has 1 aromatic heterocycles. The normalized spacial score (nSPS) is 22.7. The van der Waals surface area contributed by atoms with Crippen LogP contribution in [0.4, 0.5) is 0 Å². The number of methoxy groups -OCH3 is 1. The minimum Gasteiger partial charge on any atom is -0.465 e. The number of carbonyl (C=O) groups is 2. The zero-order valence-electron chi connectivity index (χ0n) is 27.7. The van der Waals surface area contributed by atoms with E-state index < -0.39 is 0 Å². The summed E-state index contributed by atoms with van der Waals surface area (Å²) in [5.74, 6) is 0.822. The number of amides is 1. The minimum atomic E-state index is -0.367. The molecular formula is C39H46N4O3. The van der Waals surface area contributed by atoms with Crippen molar-refractivity contribution in [3.05, 3.63) is 100 Å². The summed E-state index contributed by atoms with van der Waals surface area (Å²) in [6.07, 6.45) is 7.94. The molecular weight excluding hydrogens is 572 g/mol. The standard InChI is InChI=1S/C39H46N4O3/c1-26-23-34(38(45)46-4)27(2)22-33(26)37(44)41-19-16-39(17-20-41,29-10-6-5-7-11-29)18-21-42-30-14-15-31(42)25-32(24-30)43-28(3)40-35-12-8-9-13-36(35)43/h5-13,22-23,30-32H,14-21,24-25H2,1-4H3/t30-,31+,32?. The van der Waals surface area contributed by atoms with Gasteiger partial charge in [-0.25, -0.2) is 9.78 Å². The Kier molecular flexibility index (Phi) is 8.22. The van der Waals surface area contributed by atoms with Crippen molar-refractivity contribution in [3.8, 4) is 0 Å². The second-order valence-corrected chi connectivity index (χ2v) is 13.9. The molecule has 3 saturated heterocycles. The summed E-state index contributed by atoms with van der Waals surface area (Å²) in [5.41, 5.74) is 6.60. The SMILES string of the molecule is COC(=O)c1cc(C)c(C(=O)N2CCC(CCN3[C@@H]4CC[C@H]3CC(n3c(C)nc5ccccc53)C4)(c3ccccc3)CC2)cc1C. The van der Waals surface area contributed by atoms with E-state index in [-0.39, 0.29) is 17.3 Å². The minimum absolute atomic E-state index is 0.0468. The molecule has 0 radical (unpaired) electrons. The van der Waals surface area contributed by atoms with E-state index >= 15 is 0 Å². The molecule has 1 amide bonds. The lowest BCUT2D eigenvalue weighted by Gasteiger charge is -2.45. The second-order valence-electron chi connectivity index (χ2n) is 13.9. The first-order valence-electron chi connectivity index (χ1n) is 17.0. The molecule has 1 unspecified atom stereocenters. The van der Waals surface area contributed by atoms with Gasteiger partial charge in [0.15, 0.2) is 0 Å². The number of aromatic nitrogens is 2. The van der Waals surface area contributed by atoms with Gasteiger partial charge in [-0.1, -0.05) is 42.5 Å². The Morgan fingerprint density at radius 1 is 0.848 bits per heavy atom. The molecule has 3 aliphatic heterocycles. The highest BCUT2D eigenvalue weighted by Gasteiger charge is 2.44. The Hall–Kier alpha value is -3.97. The van der Waals surface area contributed by atoms with Gasteiger partial charge in [-0.3, -0.25) is 9.69 Å². The molecule has 4 heterocycles. The molecule has 7 heteroatoms. The van der Waals surface area contributed by atoms with Gasteiger partial charge in [-0.2, -0.15) is 0 Å². The highest BCUT2D eigenvalue weighted by atomic mass is 16.5. The number of hydrogen-bond acceptors (Lipinski definition) is 5. The van der Waals surface area contributed by atoms with Crippen LogP contribution >= 0.6 is 0 Å². The van der Waals surface area contributed by atoms with Crippen LogP contribution in [0.5, 0.6) is 0 Å². The number of nitrogens with zero attached hydrogens (tertiary/aromatic N) is 4. The van der Waals surface area contributed by atoms with Gasteiger partial charge < -0.3 is 14.2 Å². The zero-order chi connectivity index (χ0) is 32.0. The first-order chi connectivity index (χ1) is 22.3. The fraction of sp³-hybridized carbons (Fsp3) is 0.462. The van der Waals surface area contributed by atoms with Crippen LogP contribution in [0.3, 0.4) is 0 Å². The number of likely N-dealkylation sites (tertiary alicyclic amines) is 1. The van der Waals surface area contributed by atoms with Crippen molar-refractivity contribution >= 4 is 22.9 Å². The molecule has 2 bridgehead atoms. The third-order valence-electron chi connectivity index (χ3n) is 11.4. The number of ether oxygens (including phenoxy) is 1. The number of para-hydroxylation sites is 2. The number of imidazole rings is 1. The summed E-state index contributed by atoms with van der Waals surface area (Å²) in [6.45, 7) is 8.50. The van der Waals surface area contributed by atoms with Gasteiger partial charge in [0.1, 0.15) is 5.82 Å². The van der Waals surface area contributed by atoms with Crippen molar-refractivity contribution in [1.82, 2.24) is 19.4 Å². The fourth-order valence-corrected chi connectivity index (χ4v) is 8.95. The molecule has 0 saturated carbocycles. The maximum Gasteiger partial charge on any atom is 0.338 e. The van der Waals surface area contributed by atoms with Crippen molar-refractivity contribution < 1.29 is 14.3 Å². The number of piperidine rings is 2. The van der Waals surface area contributed by atoms with Gasteiger partial charge in [-0.15, -0.1) is 0 Å². The maximum atomic E-state index is 13.8. The summed E-state index contributed by atoms with van der Waals surface area (Å²) >= 11 is 0. The monoisotopic (exact) mass is 618 g/mol. The Morgan fingerprint density at radius 3 is 2.17 bits per heavy atom. The third-order valence-corrected chi connectivity index (χ3v) is 11.4. The van der Waals surface area contributed by atoms with Crippen molar-refractivity contribution in [2.24, 2.45) is 0 Å². The second kappa shape index (κ2) is 12.3. The quantitative estimate of drug-likeness (QED) is 0.205. The number of benzene rings is 3. The Labute approximate surface area is 272 Å². The molecule has 3 aliphatic rings. The van der Waals surface area contributed by atoms with Crippen molar-refractivity contribution in [2.45, 2.75) is 89.3 Å². The van der Waals surface area contributed by atoms with E-state index in [9.17, 15) is 9.59 Å². The van der Waals surface area contributed by atoms with Gasteiger partial charge in [0.25, 0.3) is 5.91 Å². The lowest BCUT2D eigenvalue weighted by Crippen LogP contribution is -2.49. The van der Waals surface area contributed by atoms with Gasteiger partial charge >= 0.3 is 5.97 Å². The van der Waals surface area contributed by atoms with Gasteiger partial charge in [0, 0.05) is 36.8 Å². The highest BCUT2D eigenvalue weighted by Crippen LogP contribution is 2.45. The predicted molar refractivity (Wildman–Crippen MR) is 181 cm³/mol. The number of hydrogen-bond donors (Lipinski definition) is 0. The molecule has 4 aromatic rings. The van der Waals surface area contributed by atoms with Crippen LogP contribution < -0.4 is 0 Å². The Morgan fingerprint density at radius 2 is 1.48 bits per heavy atom. The highest BCUT2D eigenvalue weighted by molar-refractivity contribution is 5.98. The molecule has 240 valence electrons. The molecule has 3 atom stereocenters. The largest absolute Gasteiger partial charge is 0.465 e. The van der Waals surface area contributed by atoms with Gasteiger partial charge in [0.05, 0.1) is 23.7 Å². The summed E-state index contributed by atoms with van der Waals surface area (Å²) < 4.78 is 7.45. The van der Waals surface area contributed by atoms with E-state index in [1.54, 1.807) is 6.07 Å². The van der Waals surface area contributed by atoms with E-state index in [0.717, 1.165) is 61.4 Å². The fourth-order valence-electron chi connectivity index (χ4n) is 8.95. The number of carbonyl (C=O) groups excluding carboxylic acids is 2. The Bertz CT molecular complexity index is 1740. The lowest BCUT2D eigenvalue weighted by atomic mass is 9.70. The topological polar surface area (TPSA) is 67.7 Å². The van der Waals surface area contributed by atoms with Gasteiger partial charge in [-0.05, 0) is 119 Å². The van der Waals surface area contributed by atoms with Gasteiger partial charge in [0.2, 0.25) is 0 Å². The first-order valence-corrected chi connectivity index (χ1v) is 17.0. The first kappa shape index (κ1) is 30.7. The average molecular weight is 619 g/mol. The molecule has 0 N–H and O–H groups in total. The van der Waals surface area contributed by atoms with E-state index in [2.05, 4.69) is 71.0 Å². The van der Waals surface area contributed by atoms with Crippen LogP contribution in [0.2, 0.25) is 0 Å². The summed E-state index contributed by atoms with van der Waals surface area (Å²) in [4.78, 5) is 35.7. The van der Waals surface area contributed by atoms with Crippen molar-refractivity contribution in [1.29, 1.82) is 0 Å². The Balaban J connectivity index is 1.06. The molecule has 7 rings (SSSR count). The lowest BCUT2D eigenvalue weighted by molar-refractivity contribution is 0.0589. The van der Waals surface area contributed by atoms with E-state index in [1.807, 2.05) is 24.8 Å². The average Bonchev–Trinajstić information content (AvgIpc) is 3.54. The zero-order valence-corrected chi connectivity index (χ0v) is 27.7. The van der Waals surface area contributed by atoms with E-state index in [1.165, 1.54) is 43.9 Å². The summed E-state index contributed by atoms with van der Waals surface area (Å²) in [5, 5.41) is 0. The maximum absolute atomic E-state index is 13.8. The molecule has 3 fully saturated rings. The third kappa shape index (κ3) is 5.42.